The standard InChI is InChI=1S/C18H14ClN3O2/c19-13-3-1-11(2-4-13)15-7-12-8-20-10-17(23)22-6-5-14(18(12)22)16(15)9-21-24/h1-7,9,20,24H,8,10H2. The molecule has 0 spiro atoms. The van der Waals surface area contributed by atoms with Crippen LogP contribution in [0.25, 0.3) is 22.0 Å². The van der Waals surface area contributed by atoms with Crippen molar-refractivity contribution in [3.63, 3.8) is 0 Å². The van der Waals surface area contributed by atoms with Gasteiger partial charge in [0.25, 0.3) is 0 Å². The summed E-state index contributed by atoms with van der Waals surface area (Å²) in [7, 11) is 0. The number of carbonyl (C=O) groups is 1. The summed E-state index contributed by atoms with van der Waals surface area (Å²) < 4.78 is 1.66. The maximum Gasteiger partial charge on any atom is 0.245 e. The summed E-state index contributed by atoms with van der Waals surface area (Å²) in [5, 5.41) is 17.0. The van der Waals surface area contributed by atoms with Gasteiger partial charge in [0.2, 0.25) is 5.91 Å². The molecule has 6 heteroatoms. The van der Waals surface area contributed by atoms with Crippen LogP contribution < -0.4 is 5.32 Å². The van der Waals surface area contributed by atoms with Crippen LogP contribution in [0.15, 0.2) is 47.8 Å². The molecule has 0 aliphatic carbocycles. The number of halogens is 1. The normalized spacial score (nSPS) is 14.5. The highest BCUT2D eigenvalue weighted by Crippen LogP contribution is 2.34. The number of benzene rings is 2. The molecule has 0 fully saturated rings. The number of nitrogens with one attached hydrogen (secondary N) is 1. The quantitative estimate of drug-likeness (QED) is 0.426. The summed E-state index contributed by atoms with van der Waals surface area (Å²) in [5.41, 5.74) is 4.56. The highest BCUT2D eigenvalue weighted by Gasteiger charge is 2.20. The molecule has 1 aliphatic rings. The number of hydrogen-bond acceptors (Lipinski definition) is 4. The van der Waals surface area contributed by atoms with Crippen LogP contribution in [-0.4, -0.2) is 28.4 Å². The molecule has 1 aliphatic heterocycles. The number of carbonyl (C=O) groups excluding carboxylic acids is 1. The molecular formula is C18H14ClN3O2. The van der Waals surface area contributed by atoms with Crippen molar-refractivity contribution in [1.82, 2.24) is 9.88 Å². The predicted molar refractivity (Wildman–Crippen MR) is 94.1 cm³/mol. The van der Waals surface area contributed by atoms with E-state index in [9.17, 15) is 4.79 Å². The molecule has 2 aromatic carbocycles. The SMILES string of the molecule is O=C1CNCc2cc(-c3ccc(Cl)cc3)c(C=NO)c3ccn1c23. The fourth-order valence-electron chi connectivity index (χ4n) is 3.24. The Bertz CT molecular complexity index is 974. The molecule has 3 aromatic rings. The van der Waals surface area contributed by atoms with E-state index in [4.69, 9.17) is 16.8 Å². The fourth-order valence-corrected chi connectivity index (χ4v) is 3.37. The largest absolute Gasteiger partial charge is 0.411 e. The van der Waals surface area contributed by atoms with E-state index in [1.165, 1.54) is 6.21 Å². The van der Waals surface area contributed by atoms with E-state index in [1.54, 1.807) is 10.8 Å². The number of rotatable bonds is 2. The van der Waals surface area contributed by atoms with E-state index in [1.807, 2.05) is 36.4 Å². The van der Waals surface area contributed by atoms with E-state index >= 15 is 0 Å². The molecule has 0 unspecified atom stereocenters. The summed E-state index contributed by atoms with van der Waals surface area (Å²) in [6.07, 6.45) is 3.18. The van der Waals surface area contributed by atoms with Gasteiger partial charge in [-0.05, 0) is 41.0 Å². The average molecular weight is 340 g/mol. The summed E-state index contributed by atoms with van der Waals surface area (Å²) in [6.45, 7) is 0.890. The highest BCUT2D eigenvalue weighted by atomic mass is 35.5. The maximum atomic E-state index is 12.2. The molecule has 120 valence electrons. The third-order valence-electron chi connectivity index (χ3n) is 4.29. The minimum Gasteiger partial charge on any atom is -0.411 e. The number of aromatic nitrogens is 1. The van der Waals surface area contributed by atoms with Gasteiger partial charge in [-0.25, -0.2) is 0 Å². The van der Waals surface area contributed by atoms with Crippen LogP contribution in [0.1, 0.15) is 15.9 Å². The van der Waals surface area contributed by atoms with Crippen LogP contribution in [0.4, 0.5) is 0 Å². The van der Waals surface area contributed by atoms with Crippen molar-refractivity contribution in [3.8, 4) is 11.1 Å². The number of oxime groups is 1. The van der Waals surface area contributed by atoms with Crippen molar-refractivity contribution in [1.29, 1.82) is 0 Å². The second kappa shape index (κ2) is 5.78. The smallest absolute Gasteiger partial charge is 0.245 e. The van der Waals surface area contributed by atoms with Gasteiger partial charge in [0.05, 0.1) is 18.3 Å². The van der Waals surface area contributed by atoms with Gasteiger partial charge in [0, 0.05) is 28.7 Å². The van der Waals surface area contributed by atoms with E-state index in [0.717, 1.165) is 33.2 Å². The summed E-state index contributed by atoms with van der Waals surface area (Å²) in [4.78, 5) is 12.2. The second-order valence-corrected chi connectivity index (χ2v) is 6.13. The molecule has 2 heterocycles. The second-order valence-electron chi connectivity index (χ2n) is 5.69. The Hall–Kier alpha value is -2.63. The van der Waals surface area contributed by atoms with E-state index in [0.29, 0.717) is 11.6 Å². The predicted octanol–water partition coefficient (Wildman–Crippen LogP) is 3.51. The van der Waals surface area contributed by atoms with Crippen LogP contribution in [0.2, 0.25) is 5.02 Å². The van der Waals surface area contributed by atoms with Crippen LogP contribution in [-0.2, 0) is 6.54 Å². The first kappa shape index (κ1) is 14.9. The van der Waals surface area contributed by atoms with Crippen LogP contribution >= 0.6 is 11.6 Å². The molecule has 0 radical (unpaired) electrons. The van der Waals surface area contributed by atoms with Crippen LogP contribution in [0, 0.1) is 0 Å². The van der Waals surface area contributed by atoms with Gasteiger partial charge in [-0.3, -0.25) is 9.36 Å². The van der Waals surface area contributed by atoms with Gasteiger partial charge >= 0.3 is 0 Å². The summed E-state index contributed by atoms with van der Waals surface area (Å²) in [5.74, 6) is -0.00474. The Labute approximate surface area is 143 Å². The van der Waals surface area contributed by atoms with E-state index in [2.05, 4.69) is 10.5 Å². The summed E-state index contributed by atoms with van der Waals surface area (Å²) >= 11 is 5.99. The Kier molecular flexibility index (Phi) is 3.59. The molecule has 4 rings (SSSR count). The molecule has 0 atom stereocenters. The fraction of sp³-hybridized carbons (Fsp3) is 0.111. The van der Waals surface area contributed by atoms with Crippen molar-refractivity contribution in [2.75, 3.05) is 6.54 Å². The van der Waals surface area contributed by atoms with Crippen molar-refractivity contribution in [2.24, 2.45) is 5.16 Å². The Morgan fingerprint density at radius 2 is 2.00 bits per heavy atom. The molecule has 5 nitrogen and oxygen atoms in total. The van der Waals surface area contributed by atoms with Crippen molar-refractivity contribution in [3.05, 3.63) is 58.7 Å². The molecule has 0 amide bonds. The zero-order valence-electron chi connectivity index (χ0n) is 12.7. The first-order chi connectivity index (χ1) is 11.7. The van der Waals surface area contributed by atoms with Gasteiger partial charge in [-0.1, -0.05) is 28.9 Å². The number of nitrogens with zero attached hydrogens (tertiary/aromatic N) is 2. The Morgan fingerprint density at radius 1 is 1.21 bits per heavy atom. The number of hydrogen-bond donors (Lipinski definition) is 2. The average Bonchev–Trinajstić information content (AvgIpc) is 2.96. The highest BCUT2D eigenvalue weighted by molar-refractivity contribution is 6.30. The first-order valence-electron chi connectivity index (χ1n) is 7.53. The van der Waals surface area contributed by atoms with Crippen LogP contribution in [0.3, 0.4) is 0 Å². The summed E-state index contributed by atoms with van der Waals surface area (Å²) in [6, 6.07) is 11.4. The lowest BCUT2D eigenvalue weighted by molar-refractivity contribution is 0.0920. The molecule has 0 bridgehead atoms. The molecule has 0 saturated heterocycles. The third kappa shape index (κ3) is 2.29. The lowest BCUT2D eigenvalue weighted by Crippen LogP contribution is -2.23. The van der Waals surface area contributed by atoms with Gasteiger partial charge in [-0.2, -0.15) is 0 Å². The van der Waals surface area contributed by atoms with Crippen molar-refractivity contribution >= 4 is 34.6 Å². The third-order valence-corrected chi connectivity index (χ3v) is 4.54. The van der Waals surface area contributed by atoms with Crippen molar-refractivity contribution < 1.29 is 10.0 Å². The molecule has 24 heavy (non-hydrogen) atoms. The van der Waals surface area contributed by atoms with Gasteiger partial charge in [0.1, 0.15) is 0 Å². The first-order valence-corrected chi connectivity index (χ1v) is 7.91. The molecule has 1 aromatic heterocycles. The van der Waals surface area contributed by atoms with Crippen molar-refractivity contribution in [2.45, 2.75) is 6.54 Å². The zero-order valence-corrected chi connectivity index (χ0v) is 13.4. The minimum absolute atomic E-state index is 0.00474. The maximum absolute atomic E-state index is 12.2. The van der Waals surface area contributed by atoms with Crippen LogP contribution in [0.5, 0.6) is 0 Å². The van der Waals surface area contributed by atoms with E-state index < -0.39 is 0 Å². The minimum atomic E-state index is -0.00474. The van der Waals surface area contributed by atoms with Gasteiger partial charge in [-0.15, -0.1) is 0 Å². The zero-order chi connectivity index (χ0) is 16.7. The molecular weight excluding hydrogens is 326 g/mol. The molecule has 2 N–H and O–H groups in total. The Morgan fingerprint density at radius 3 is 2.75 bits per heavy atom. The van der Waals surface area contributed by atoms with Gasteiger partial charge < -0.3 is 10.5 Å². The van der Waals surface area contributed by atoms with E-state index in [-0.39, 0.29) is 12.5 Å². The monoisotopic (exact) mass is 339 g/mol. The lowest BCUT2D eigenvalue weighted by atomic mass is 9.94. The topological polar surface area (TPSA) is 66.6 Å². The van der Waals surface area contributed by atoms with Gasteiger partial charge in [0.15, 0.2) is 0 Å². The Balaban J connectivity index is 2.06. The molecule has 0 saturated carbocycles. The lowest BCUT2D eigenvalue weighted by Gasteiger charge is -2.12.